The molecule has 0 saturated carbocycles. The van der Waals surface area contributed by atoms with Gasteiger partial charge in [-0.05, 0) is 23.8 Å². The highest BCUT2D eigenvalue weighted by Crippen LogP contribution is 2.43. The van der Waals surface area contributed by atoms with Gasteiger partial charge in [-0.25, -0.2) is 0 Å². The summed E-state index contributed by atoms with van der Waals surface area (Å²) in [5, 5.41) is 23.0. The number of nitrogens with zero attached hydrogens (tertiary/aromatic N) is 3. The smallest absolute Gasteiger partial charge is 0.247 e. The molecule has 0 bridgehead atoms. The predicted octanol–water partition coefficient (Wildman–Crippen LogP) is 5.06. The number of phenols is 1. The Labute approximate surface area is 200 Å². The Morgan fingerprint density at radius 1 is 0.971 bits per heavy atom. The van der Waals surface area contributed by atoms with Crippen molar-refractivity contribution in [3.63, 3.8) is 0 Å². The van der Waals surface area contributed by atoms with Crippen LogP contribution in [-0.2, 0) is 5.75 Å². The number of fused-ring (bicyclic) bond motifs is 3. The van der Waals surface area contributed by atoms with Crippen molar-refractivity contribution in [1.82, 2.24) is 15.2 Å². The number of benzene rings is 3. The monoisotopic (exact) mass is 474 g/mol. The van der Waals surface area contributed by atoms with Gasteiger partial charge in [-0.15, -0.1) is 10.2 Å². The van der Waals surface area contributed by atoms with Crippen molar-refractivity contribution < 1.29 is 19.3 Å². The van der Waals surface area contributed by atoms with Gasteiger partial charge in [0, 0.05) is 22.6 Å². The number of phenolic OH excluding ortho intramolecular Hbond substituents is 1. The van der Waals surface area contributed by atoms with Crippen LogP contribution in [0.1, 0.15) is 17.4 Å². The molecule has 0 radical (unpaired) electrons. The Morgan fingerprint density at radius 2 is 1.68 bits per heavy atom. The summed E-state index contributed by atoms with van der Waals surface area (Å²) in [6, 6.07) is 21.2. The maximum atomic E-state index is 10.3. The van der Waals surface area contributed by atoms with Crippen LogP contribution in [0.15, 0.2) is 71.9 Å². The van der Waals surface area contributed by atoms with E-state index in [1.165, 1.54) is 31.5 Å². The zero-order valence-electron chi connectivity index (χ0n) is 18.6. The first-order valence-corrected chi connectivity index (χ1v) is 11.5. The van der Waals surface area contributed by atoms with E-state index in [2.05, 4.69) is 32.6 Å². The van der Waals surface area contributed by atoms with Crippen LogP contribution in [-0.4, -0.2) is 34.5 Å². The number of rotatable bonds is 6. The molecule has 2 N–H and O–H groups in total. The van der Waals surface area contributed by atoms with Crippen molar-refractivity contribution in [1.29, 1.82) is 0 Å². The normalized spacial score (nSPS) is 14.1. The number of thioether (sulfide) groups is 1. The molecule has 3 aromatic carbocycles. The number of methoxy groups -OCH3 is 2. The molecule has 2 heterocycles. The van der Waals surface area contributed by atoms with Gasteiger partial charge in [-0.2, -0.15) is 4.98 Å². The highest BCUT2D eigenvalue weighted by molar-refractivity contribution is 7.98. The third-order valence-corrected chi connectivity index (χ3v) is 6.26. The van der Waals surface area contributed by atoms with Gasteiger partial charge in [-0.3, -0.25) is 0 Å². The molecule has 9 heteroatoms. The number of aromatic nitrogens is 3. The Hall–Kier alpha value is -3.98. The quantitative estimate of drug-likeness (QED) is 0.372. The van der Waals surface area contributed by atoms with Crippen LogP contribution in [0.2, 0.25) is 0 Å². The molecule has 8 nitrogen and oxygen atoms in total. The molecule has 5 rings (SSSR count). The molecule has 0 aliphatic carbocycles. The van der Waals surface area contributed by atoms with Gasteiger partial charge in [0.05, 0.1) is 14.2 Å². The second-order valence-corrected chi connectivity index (χ2v) is 8.43. The average molecular weight is 475 g/mol. The van der Waals surface area contributed by atoms with Crippen molar-refractivity contribution in [3.8, 4) is 34.4 Å². The predicted molar refractivity (Wildman–Crippen MR) is 129 cm³/mol. The van der Waals surface area contributed by atoms with Crippen LogP contribution in [0.4, 0.5) is 5.69 Å². The summed E-state index contributed by atoms with van der Waals surface area (Å²) >= 11 is 1.49. The average Bonchev–Trinajstić information content (AvgIpc) is 3.05. The first kappa shape index (κ1) is 21.8. The van der Waals surface area contributed by atoms with Crippen molar-refractivity contribution in [2.75, 3.05) is 19.5 Å². The van der Waals surface area contributed by atoms with E-state index in [1.54, 1.807) is 12.1 Å². The van der Waals surface area contributed by atoms with E-state index in [-0.39, 0.29) is 17.2 Å². The number of nitrogens with one attached hydrogen (secondary N) is 1. The lowest BCUT2D eigenvalue weighted by molar-refractivity contribution is 0.223. The molecule has 1 atom stereocenters. The highest BCUT2D eigenvalue weighted by Gasteiger charge is 2.27. The van der Waals surface area contributed by atoms with Gasteiger partial charge < -0.3 is 24.6 Å². The first-order valence-electron chi connectivity index (χ1n) is 10.5. The molecule has 1 aliphatic rings. The Bertz CT molecular complexity index is 1290. The van der Waals surface area contributed by atoms with E-state index in [4.69, 9.17) is 14.2 Å². The minimum atomic E-state index is -0.644. The molecular formula is C25H22N4O4S. The molecule has 0 spiro atoms. The van der Waals surface area contributed by atoms with Crippen molar-refractivity contribution >= 4 is 17.4 Å². The molecule has 34 heavy (non-hydrogen) atoms. The van der Waals surface area contributed by atoms with Crippen LogP contribution in [0, 0.1) is 0 Å². The van der Waals surface area contributed by atoms with Crippen LogP contribution >= 0.6 is 11.8 Å². The second kappa shape index (κ2) is 9.48. The van der Waals surface area contributed by atoms with Gasteiger partial charge in [-0.1, -0.05) is 60.3 Å². The maximum absolute atomic E-state index is 10.3. The molecule has 4 aromatic rings. The van der Waals surface area contributed by atoms with Gasteiger partial charge in [0.15, 0.2) is 23.4 Å². The van der Waals surface area contributed by atoms with Crippen LogP contribution in [0.25, 0.3) is 11.3 Å². The van der Waals surface area contributed by atoms with Gasteiger partial charge in [0.1, 0.15) is 0 Å². The van der Waals surface area contributed by atoms with E-state index in [9.17, 15) is 5.11 Å². The van der Waals surface area contributed by atoms with Crippen LogP contribution < -0.4 is 19.5 Å². The van der Waals surface area contributed by atoms with Crippen molar-refractivity contribution in [3.05, 3.63) is 77.9 Å². The number of hydrogen-bond acceptors (Lipinski definition) is 9. The lowest BCUT2D eigenvalue weighted by Crippen LogP contribution is -2.17. The van der Waals surface area contributed by atoms with E-state index >= 15 is 0 Å². The molecule has 1 aromatic heterocycles. The maximum Gasteiger partial charge on any atom is 0.247 e. The van der Waals surface area contributed by atoms with Gasteiger partial charge in [0.2, 0.25) is 16.8 Å². The van der Waals surface area contributed by atoms with Crippen molar-refractivity contribution in [2.45, 2.75) is 17.1 Å². The fourth-order valence-corrected chi connectivity index (χ4v) is 4.38. The Kier molecular flexibility index (Phi) is 6.09. The number of anilines is 1. The number of hydrogen-bond donors (Lipinski definition) is 2. The molecule has 0 amide bonds. The van der Waals surface area contributed by atoms with E-state index in [0.717, 1.165) is 11.3 Å². The summed E-state index contributed by atoms with van der Waals surface area (Å²) in [6.07, 6.45) is -0.644. The zero-order valence-corrected chi connectivity index (χ0v) is 19.4. The standard InChI is InChI=1S/C25H22N4O4S/c1-31-19-12-16(13-20(32-2)22(19)30)23-26-18-11-7-6-10-17(18)21-24(33-23)27-25(29-28-21)34-14-15-8-4-3-5-9-15/h3-13,23,26,30H,14H2,1-2H3/t23-/m1/s1. The third-order valence-electron chi connectivity index (χ3n) is 5.35. The third kappa shape index (κ3) is 4.29. The minimum absolute atomic E-state index is 0.0771. The van der Waals surface area contributed by atoms with Gasteiger partial charge in [0.25, 0.3) is 0 Å². The SMILES string of the molecule is COc1cc([C@@H]2Nc3ccccc3-c3nnc(SCc4ccccc4)nc3O2)cc(OC)c1O. The largest absolute Gasteiger partial charge is 0.502 e. The summed E-state index contributed by atoms with van der Waals surface area (Å²) in [7, 11) is 2.97. The lowest BCUT2D eigenvalue weighted by atomic mass is 10.1. The molecule has 0 saturated heterocycles. The topological polar surface area (TPSA) is 98.6 Å². The summed E-state index contributed by atoms with van der Waals surface area (Å²) in [4.78, 5) is 4.68. The number of para-hydroxylation sites is 1. The summed E-state index contributed by atoms with van der Waals surface area (Å²) in [5.41, 5.74) is 4.05. The summed E-state index contributed by atoms with van der Waals surface area (Å²) in [6.45, 7) is 0. The van der Waals surface area contributed by atoms with Crippen molar-refractivity contribution in [2.24, 2.45) is 0 Å². The van der Waals surface area contributed by atoms with Gasteiger partial charge >= 0.3 is 0 Å². The van der Waals surface area contributed by atoms with E-state index in [1.807, 2.05) is 42.5 Å². The second-order valence-electron chi connectivity index (χ2n) is 7.48. The number of ether oxygens (including phenoxy) is 3. The highest BCUT2D eigenvalue weighted by atomic mass is 32.2. The Morgan fingerprint density at radius 3 is 2.41 bits per heavy atom. The molecule has 0 fully saturated rings. The lowest BCUT2D eigenvalue weighted by Gasteiger charge is -2.21. The molecule has 1 aliphatic heterocycles. The number of aromatic hydroxyl groups is 1. The molecule has 0 unspecified atom stereocenters. The molecule has 172 valence electrons. The fraction of sp³-hybridized carbons (Fsp3) is 0.160. The first-order chi connectivity index (χ1) is 16.7. The van der Waals surface area contributed by atoms with Crippen LogP contribution in [0.3, 0.4) is 0 Å². The molecular weight excluding hydrogens is 452 g/mol. The Balaban J connectivity index is 1.53. The summed E-state index contributed by atoms with van der Waals surface area (Å²) < 4.78 is 17.0. The van der Waals surface area contributed by atoms with E-state index in [0.29, 0.717) is 28.0 Å². The fourth-order valence-electron chi connectivity index (χ4n) is 3.65. The van der Waals surface area contributed by atoms with Crippen LogP contribution in [0.5, 0.6) is 23.1 Å². The summed E-state index contributed by atoms with van der Waals surface area (Å²) in [5.74, 6) is 1.55. The minimum Gasteiger partial charge on any atom is -0.502 e. The zero-order chi connectivity index (χ0) is 23.5. The van der Waals surface area contributed by atoms with E-state index < -0.39 is 6.23 Å².